The van der Waals surface area contributed by atoms with Crippen LogP contribution in [0.2, 0.25) is 0 Å². The van der Waals surface area contributed by atoms with E-state index < -0.39 is 0 Å². The Balaban J connectivity index is 1.43. The summed E-state index contributed by atoms with van der Waals surface area (Å²) in [5, 5.41) is 19.4. The molecule has 3 heterocycles. The van der Waals surface area contributed by atoms with E-state index in [1.54, 1.807) is 25.2 Å². The number of anilines is 2. The molecule has 1 saturated carbocycles. The molecule has 3 aromatic rings. The predicted molar refractivity (Wildman–Crippen MR) is 148 cm³/mol. The Kier molecular flexibility index (Phi) is 7.54. The maximum Gasteiger partial charge on any atom is 0.270 e. The summed E-state index contributed by atoms with van der Waals surface area (Å²) >= 11 is 0. The molecule has 0 N–H and O–H groups in total. The molecule has 0 bridgehead atoms. The van der Waals surface area contributed by atoms with Crippen LogP contribution >= 0.6 is 0 Å². The van der Waals surface area contributed by atoms with Gasteiger partial charge in [-0.25, -0.2) is 9.37 Å². The van der Waals surface area contributed by atoms with Gasteiger partial charge >= 0.3 is 0 Å². The summed E-state index contributed by atoms with van der Waals surface area (Å²) < 4.78 is 21.3. The van der Waals surface area contributed by atoms with E-state index in [4.69, 9.17) is 4.74 Å². The first kappa shape index (κ1) is 26.6. The quantitative estimate of drug-likeness (QED) is 0.463. The van der Waals surface area contributed by atoms with Gasteiger partial charge in [-0.1, -0.05) is 0 Å². The maximum absolute atomic E-state index is 13.9. The van der Waals surface area contributed by atoms with Gasteiger partial charge in [-0.15, -0.1) is 0 Å². The van der Waals surface area contributed by atoms with Gasteiger partial charge in [0.05, 0.1) is 17.3 Å². The third-order valence-electron chi connectivity index (χ3n) is 8.34. The summed E-state index contributed by atoms with van der Waals surface area (Å²) in [6.07, 6.45) is 5.76. The zero-order valence-corrected chi connectivity index (χ0v) is 22.7. The number of nitriles is 2. The van der Waals surface area contributed by atoms with Crippen LogP contribution in [-0.4, -0.2) is 47.9 Å². The van der Waals surface area contributed by atoms with E-state index in [-0.39, 0.29) is 40.8 Å². The molecule has 39 heavy (non-hydrogen) atoms. The van der Waals surface area contributed by atoms with Crippen LogP contribution in [0.5, 0.6) is 0 Å². The number of nitrogens with zero attached hydrogens (tertiary/aromatic N) is 6. The second-order valence-electron chi connectivity index (χ2n) is 10.7. The zero-order chi connectivity index (χ0) is 27.7. The van der Waals surface area contributed by atoms with Crippen molar-refractivity contribution in [1.82, 2.24) is 9.55 Å². The van der Waals surface area contributed by atoms with E-state index >= 15 is 0 Å². The molecule has 2 fully saturated rings. The highest BCUT2D eigenvalue weighted by Crippen LogP contribution is 2.36. The molecule has 0 spiro atoms. The lowest BCUT2D eigenvalue weighted by Crippen LogP contribution is -2.46. The second-order valence-corrected chi connectivity index (χ2v) is 10.7. The topological polar surface area (TPSA) is 98.2 Å². The van der Waals surface area contributed by atoms with Crippen LogP contribution in [0.3, 0.4) is 0 Å². The molecule has 8 nitrogen and oxygen atoms in total. The Morgan fingerprint density at radius 1 is 1.10 bits per heavy atom. The smallest absolute Gasteiger partial charge is 0.270 e. The van der Waals surface area contributed by atoms with E-state index in [1.807, 2.05) is 24.9 Å². The number of pyridine rings is 2. The van der Waals surface area contributed by atoms with Crippen LogP contribution in [0.1, 0.15) is 55.3 Å². The Morgan fingerprint density at radius 2 is 1.85 bits per heavy atom. The van der Waals surface area contributed by atoms with Crippen molar-refractivity contribution in [3.05, 3.63) is 63.3 Å². The van der Waals surface area contributed by atoms with Gasteiger partial charge < -0.3 is 19.1 Å². The van der Waals surface area contributed by atoms with Crippen molar-refractivity contribution in [2.75, 3.05) is 30.0 Å². The van der Waals surface area contributed by atoms with Gasteiger partial charge in [-0.2, -0.15) is 10.5 Å². The number of aromatic nitrogens is 2. The minimum absolute atomic E-state index is 0.0409. The zero-order valence-electron chi connectivity index (χ0n) is 22.7. The SMILES string of the molecule is Cc1cc(F)ccc1N(C[C@@H]1CCCO1)[C@H]1CC[C@H](N(C)c2c(C#N)c(=O)n(C)c3ccc(C#N)nc23)CC1. The molecule has 202 valence electrons. The minimum Gasteiger partial charge on any atom is -0.376 e. The Labute approximate surface area is 227 Å². The first-order valence-electron chi connectivity index (χ1n) is 13.5. The third kappa shape index (κ3) is 5.07. The van der Waals surface area contributed by atoms with Crippen molar-refractivity contribution in [3.8, 4) is 12.1 Å². The molecule has 1 saturated heterocycles. The molecule has 0 unspecified atom stereocenters. The van der Waals surface area contributed by atoms with E-state index in [2.05, 4.69) is 22.0 Å². The Hall–Kier alpha value is -3.95. The second kappa shape index (κ2) is 11.0. The van der Waals surface area contributed by atoms with Crippen molar-refractivity contribution in [2.24, 2.45) is 7.05 Å². The van der Waals surface area contributed by atoms with Crippen LogP contribution in [0.25, 0.3) is 11.0 Å². The molecule has 0 radical (unpaired) electrons. The summed E-state index contributed by atoms with van der Waals surface area (Å²) in [7, 11) is 3.53. The van der Waals surface area contributed by atoms with Crippen molar-refractivity contribution < 1.29 is 9.13 Å². The maximum atomic E-state index is 13.9. The fraction of sp³-hybridized carbons (Fsp3) is 0.467. The van der Waals surface area contributed by atoms with E-state index in [0.29, 0.717) is 16.7 Å². The van der Waals surface area contributed by atoms with Gasteiger partial charge in [0.1, 0.15) is 34.7 Å². The molecular formula is C30H33FN6O2. The summed E-state index contributed by atoms with van der Waals surface area (Å²) in [6.45, 7) is 3.51. The summed E-state index contributed by atoms with van der Waals surface area (Å²) in [5.41, 5.74) is 3.42. The average molecular weight is 529 g/mol. The molecule has 1 aromatic carbocycles. The highest BCUT2D eigenvalue weighted by Gasteiger charge is 2.33. The highest BCUT2D eigenvalue weighted by atomic mass is 19.1. The van der Waals surface area contributed by atoms with Gasteiger partial charge in [0.15, 0.2) is 0 Å². The van der Waals surface area contributed by atoms with Crippen molar-refractivity contribution in [1.29, 1.82) is 10.5 Å². The number of hydrogen-bond acceptors (Lipinski definition) is 7. The number of hydrogen-bond donors (Lipinski definition) is 0. The fourth-order valence-electron chi connectivity index (χ4n) is 6.23. The lowest BCUT2D eigenvalue weighted by Gasteiger charge is -2.42. The number of aryl methyl sites for hydroxylation is 2. The van der Waals surface area contributed by atoms with Crippen LogP contribution in [0.15, 0.2) is 35.1 Å². The molecule has 2 aliphatic rings. The monoisotopic (exact) mass is 528 g/mol. The van der Waals surface area contributed by atoms with Crippen molar-refractivity contribution in [2.45, 2.75) is 63.6 Å². The third-order valence-corrected chi connectivity index (χ3v) is 8.34. The van der Waals surface area contributed by atoms with Crippen molar-refractivity contribution in [3.63, 3.8) is 0 Å². The Bertz CT molecular complexity index is 1520. The molecule has 5 rings (SSSR count). The first-order valence-corrected chi connectivity index (χ1v) is 13.5. The number of ether oxygens (including phenoxy) is 1. The number of rotatable bonds is 6. The van der Waals surface area contributed by atoms with Crippen LogP contribution in [-0.2, 0) is 11.8 Å². The van der Waals surface area contributed by atoms with Gasteiger partial charge in [0, 0.05) is 45.0 Å². The van der Waals surface area contributed by atoms with E-state index in [0.717, 1.165) is 62.9 Å². The van der Waals surface area contributed by atoms with E-state index in [9.17, 15) is 19.7 Å². The molecule has 1 aliphatic heterocycles. The van der Waals surface area contributed by atoms with Crippen molar-refractivity contribution >= 4 is 22.4 Å². The summed E-state index contributed by atoms with van der Waals surface area (Å²) in [5.74, 6) is -0.235. The summed E-state index contributed by atoms with van der Waals surface area (Å²) in [4.78, 5) is 22.0. The first-order chi connectivity index (χ1) is 18.8. The van der Waals surface area contributed by atoms with Crippen LogP contribution in [0, 0.1) is 35.4 Å². The largest absolute Gasteiger partial charge is 0.376 e. The van der Waals surface area contributed by atoms with Gasteiger partial charge in [0.2, 0.25) is 0 Å². The normalized spacial score (nSPS) is 20.9. The van der Waals surface area contributed by atoms with Crippen LogP contribution < -0.4 is 15.4 Å². The molecular weight excluding hydrogens is 495 g/mol. The van der Waals surface area contributed by atoms with Gasteiger partial charge in [-0.05, 0) is 81.3 Å². The van der Waals surface area contributed by atoms with E-state index in [1.165, 1.54) is 10.6 Å². The average Bonchev–Trinajstić information content (AvgIpc) is 3.46. The molecule has 1 aliphatic carbocycles. The highest BCUT2D eigenvalue weighted by molar-refractivity contribution is 5.92. The molecule has 1 atom stereocenters. The summed E-state index contributed by atoms with van der Waals surface area (Å²) in [6, 6.07) is 12.8. The number of fused-ring (bicyclic) bond motifs is 1. The molecule has 2 aromatic heterocycles. The lowest BCUT2D eigenvalue weighted by molar-refractivity contribution is 0.112. The predicted octanol–water partition coefficient (Wildman–Crippen LogP) is 4.56. The standard InChI is InChI=1S/C30H33FN6O2/c1-19-15-20(31)6-12-26(19)37(18-24-5-4-14-39-24)23-10-8-22(9-11-23)35(2)29-25(17-33)30(38)36(3)27-13-7-21(16-32)34-28(27)29/h6-7,12-13,15,22-24H,4-5,8-11,14,18H2,1-3H3/t22-,23-,24-/m0/s1. The lowest BCUT2D eigenvalue weighted by atomic mass is 9.88. The van der Waals surface area contributed by atoms with Crippen LogP contribution in [0.4, 0.5) is 15.8 Å². The minimum atomic E-state index is -0.374. The number of halogens is 1. The van der Waals surface area contributed by atoms with Gasteiger partial charge in [0.25, 0.3) is 5.56 Å². The molecule has 9 heteroatoms. The molecule has 0 amide bonds. The van der Waals surface area contributed by atoms with Gasteiger partial charge in [-0.3, -0.25) is 4.79 Å². The number of benzene rings is 1. The fourth-order valence-corrected chi connectivity index (χ4v) is 6.23. The Morgan fingerprint density at radius 3 is 2.49 bits per heavy atom.